The first kappa shape index (κ1) is 20.9. The Morgan fingerprint density at radius 3 is 2.23 bits per heavy atom. The van der Waals surface area contributed by atoms with E-state index in [1.54, 1.807) is 26.2 Å². The van der Waals surface area contributed by atoms with Gasteiger partial charge in [0.2, 0.25) is 10.0 Å². The summed E-state index contributed by atoms with van der Waals surface area (Å²) in [6.45, 7) is 10.3. The molecule has 7 heteroatoms. The first-order chi connectivity index (χ1) is 12.3. The van der Waals surface area contributed by atoms with Crippen LogP contribution in [0.1, 0.15) is 45.9 Å². The summed E-state index contributed by atoms with van der Waals surface area (Å²) in [5.41, 5.74) is 1.76. The molecule has 1 aromatic carbocycles. The van der Waals surface area contributed by atoms with Gasteiger partial charge < -0.3 is 4.57 Å². The lowest BCUT2D eigenvalue weighted by atomic mass is 10.3. The van der Waals surface area contributed by atoms with E-state index >= 15 is 0 Å². The lowest BCUT2D eigenvalue weighted by Gasteiger charge is -2.21. The average molecular weight is 381 g/mol. The van der Waals surface area contributed by atoms with Gasteiger partial charge in [-0.1, -0.05) is 20.8 Å². The highest BCUT2D eigenvalue weighted by molar-refractivity contribution is 7.89. The number of fused-ring (bicyclic) bond motifs is 1. The van der Waals surface area contributed by atoms with Crippen molar-refractivity contribution in [2.75, 3.05) is 27.2 Å². The highest BCUT2D eigenvalue weighted by atomic mass is 32.2. The number of hydrogen-bond donors (Lipinski definition) is 0. The molecule has 26 heavy (non-hydrogen) atoms. The standard InChI is InChI=1S/C19H32N4O2S/c1-6-11-22(12-7-2)15-19-20-17-14-16(26(24,25)21(4)5)9-10-18(17)23(19)13-8-3/h9-10,14H,6-8,11-13,15H2,1-5H3. The number of imidazole rings is 1. The Bertz CT molecular complexity index is 821. The summed E-state index contributed by atoms with van der Waals surface area (Å²) in [6.07, 6.45) is 3.23. The maximum absolute atomic E-state index is 12.4. The van der Waals surface area contributed by atoms with Crippen LogP contribution < -0.4 is 0 Å². The fourth-order valence-electron chi connectivity index (χ4n) is 3.23. The molecule has 0 saturated heterocycles. The maximum atomic E-state index is 12.4. The lowest BCUT2D eigenvalue weighted by Crippen LogP contribution is -2.26. The van der Waals surface area contributed by atoms with Crippen LogP contribution in [0.2, 0.25) is 0 Å². The maximum Gasteiger partial charge on any atom is 0.242 e. The van der Waals surface area contributed by atoms with Gasteiger partial charge in [-0.25, -0.2) is 17.7 Å². The van der Waals surface area contributed by atoms with Crippen LogP contribution in [0.3, 0.4) is 0 Å². The van der Waals surface area contributed by atoms with Gasteiger partial charge in [0.15, 0.2) is 0 Å². The second-order valence-corrected chi connectivity index (χ2v) is 9.05. The minimum absolute atomic E-state index is 0.293. The Labute approximate surface area is 157 Å². The number of aryl methyl sites for hydroxylation is 1. The molecule has 0 N–H and O–H groups in total. The summed E-state index contributed by atoms with van der Waals surface area (Å²) in [5, 5.41) is 0. The van der Waals surface area contributed by atoms with Crippen LogP contribution in [0, 0.1) is 0 Å². The van der Waals surface area contributed by atoms with Gasteiger partial charge in [-0.3, -0.25) is 4.90 Å². The van der Waals surface area contributed by atoms with E-state index in [0.717, 1.165) is 62.3 Å². The third-order valence-corrected chi connectivity index (χ3v) is 6.28. The predicted molar refractivity (Wildman–Crippen MR) is 107 cm³/mol. The zero-order chi connectivity index (χ0) is 19.3. The summed E-state index contributed by atoms with van der Waals surface area (Å²) in [5.74, 6) is 1.02. The Balaban J connectivity index is 2.48. The summed E-state index contributed by atoms with van der Waals surface area (Å²) < 4.78 is 28.3. The summed E-state index contributed by atoms with van der Waals surface area (Å²) in [4.78, 5) is 7.52. The largest absolute Gasteiger partial charge is 0.327 e. The Morgan fingerprint density at radius 2 is 1.69 bits per heavy atom. The number of rotatable bonds is 10. The topological polar surface area (TPSA) is 58.4 Å². The molecule has 6 nitrogen and oxygen atoms in total. The van der Waals surface area contributed by atoms with Crippen molar-refractivity contribution in [3.63, 3.8) is 0 Å². The molecule has 1 aromatic heterocycles. The number of aromatic nitrogens is 2. The quantitative estimate of drug-likeness (QED) is 0.634. The van der Waals surface area contributed by atoms with E-state index in [-0.39, 0.29) is 0 Å². The number of sulfonamides is 1. The van der Waals surface area contributed by atoms with Gasteiger partial charge in [-0.2, -0.15) is 0 Å². The average Bonchev–Trinajstić information content (AvgIpc) is 2.92. The van der Waals surface area contributed by atoms with Crippen molar-refractivity contribution in [2.45, 2.75) is 58.0 Å². The van der Waals surface area contributed by atoms with E-state index in [4.69, 9.17) is 4.98 Å². The van der Waals surface area contributed by atoms with E-state index in [1.807, 2.05) is 6.07 Å². The van der Waals surface area contributed by atoms with Crippen molar-refractivity contribution in [2.24, 2.45) is 0 Å². The molecule has 0 fully saturated rings. The van der Waals surface area contributed by atoms with Gasteiger partial charge in [0.05, 0.1) is 22.5 Å². The molecular weight excluding hydrogens is 348 g/mol. The molecule has 0 saturated carbocycles. The third kappa shape index (κ3) is 4.45. The van der Waals surface area contributed by atoms with Gasteiger partial charge >= 0.3 is 0 Å². The Kier molecular flexibility index (Phi) is 7.20. The molecule has 0 unspecified atom stereocenters. The second-order valence-electron chi connectivity index (χ2n) is 6.89. The predicted octanol–water partition coefficient (Wildman–Crippen LogP) is 3.32. The molecule has 2 rings (SSSR count). The van der Waals surface area contributed by atoms with Gasteiger partial charge in [-0.15, -0.1) is 0 Å². The van der Waals surface area contributed by atoms with E-state index in [1.165, 1.54) is 4.31 Å². The van der Waals surface area contributed by atoms with Crippen LogP contribution >= 0.6 is 0 Å². The highest BCUT2D eigenvalue weighted by Crippen LogP contribution is 2.23. The van der Waals surface area contributed by atoms with Crippen LogP contribution in [0.25, 0.3) is 11.0 Å². The number of nitrogens with zero attached hydrogens (tertiary/aromatic N) is 4. The Morgan fingerprint density at radius 1 is 1.04 bits per heavy atom. The highest BCUT2D eigenvalue weighted by Gasteiger charge is 2.20. The van der Waals surface area contributed by atoms with Crippen LogP contribution in [-0.4, -0.2) is 54.4 Å². The molecule has 0 aliphatic heterocycles. The van der Waals surface area contributed by atoms with E-state index < -0.39 is 10.0 Å². The number of benzene rings is 1. The van der Waals surface area contributed by atoms with E-state index in [0.29, 0.717) is 4.90 Å². The SMILES string of the molecule is CCCN(CCC)Cc1nc2cc(S(=O)(=O)N(C)C)ccc2n1CCC. The molecule has 0 amide bonds. The molecule has 0 aliphatic carbocycles. The lowest BCUT2D eigenvalue weighted by molar-refractivity contribution is 0.256. The minimum atomic E-state index is -3.45. The van der Waals surface area contributed by atoms with Crippen LogP contribution in [0.5, 0.6) is 0 Å². The molecule has 0 aliphatic rings. The van der Waals surface area contributed by atoms with Crippen LogP contribution in [0.15, 0.2) is 23.1 Å². The number of hydrogen-bond acceptors (Lipinski definition) is 4. The first-order valence-corrected chi connectivity index (χ1v) is 10.9. The first-order valence-electron chi connectivity index (χ1n) is 9.49. The molecule has 0 atom stereocenters. The zero-order valence-corrected chi connectivity index (χ0v) is 17.5. The van der Waals surface area contributed by atoms with Crippen LogP contribution in [-0.2, 0) is 23.1 Å². The summed E-state index contributed by atoms with van der Waals surface area (Å²) >= 11 is 0. The zero-order valence-electron chi connectivity index (χ0n) is 16.7. The fourth-order valence-corrected chi connectivity index (χ4v) is 4.15. The smallest absolute Gasteiger partial charge is 0.242 e. The van der Waals surface area contributed by atoms with Gasteiger partial charge in [0, 0.05) is 20.6 Å². The Hall–Kier alpha value is -1.44. The molecule has 0 bridgehead atoms. The minimum Gasteiger partial charge on any atom is -0.327 e. The molecule has 0 radical (unpaired) electrons. The summed E-state index contributed by atoms with van der Waals surface area (Å²) in [6, 6.07) is 5.28. The van der Waals surface area contributed by atoms with Crippen molar-refractivity contribution in [3.05, 3.63) is 24.0 Å². The van der Waals surface area contributed by atoms with Gasteiger partial charge in [-0.05, 0) is 50.6 Å². The van der Waals surface area contributed by atoms with Crippen LogP contribution in [0.4, 0.5) is 0 Å². The molecular formula is C19H32N4O2S. The van der Waals surface area contributed by atoms with Crippen molar-refractivity contribution in [1.82, 2.24) is 18.8 Å². The van der Waals surface area contributed by atoms with E-state index in [2.05, 4.69) is 30.2 Å². The van der Waals surface area contributed by atoms with E-state index in [9.17, 15) is 8.42 Å². The molecule has 146 valence electrons. The van der Waals surface area contributed by atoms with Crippen molar-refractivity contribution >= 4 is 21.1 Å². The van der Waals surface area contributed by atoms with Crippen molar-refractivity contribution in [1.29, 1.82) is 0 Å². The van der Waals surface area contributed by atoms with Gasteiger partial charge in [0.25, 0.3) is 0 Å². The second kappa shape index (κ2) is 8.97. The normalized spacial score (nSPS) is 12.6. The monoisotopic (exact) mass is 380 g/mol. The van der Waals surface area contributed by atoms with Crippen molar-refractivity contribution < 1.29 is 8.42 Å². The molecule has 2 aromatic rings. The summed E-state index contributed by atoms with van der Waals surface area (Å²) in [7, 11) is -0.352. The molecule has 1 heterocycles. The molecule has 0 spiro atoms. The third-order valence-electron chi connectivity index (χ3n) is 4.47. The van der Waals surface area contributed by atoms with Crippen molar-refractivity contribution in [3.8, 4) is 0 Å². The fraction of sp³-hybridized carbons (Fsp3) is 0.632. The van der Waals surface area contributed by atoms with Gasteiger partial charge in [0.1, 0.15) is 5.82 Å².